The van der Waals surface area contributed by atoms with E-state index in [1.807, 2.05) is 108 Å². The topological polar surface area (TPSA) is 16.4 Å². The molecule has 0 N–H and O–H groups in total. The number of anilines is 3. The minimum atomic E-state index is -0.456. The molecule has 218 valence electrons. The second kappa shape index (κ2) is 12.1. The minimum absolute atomic E-state index is 0.101. The maximum Gasteiger partial charge on any atom is 0.136 e. The summed E-state index contributed by atoms with van der Waals surface area (Å²) < 4.78 is 88.7. The summed E-state index contributed by atoms with van der Waals surface area (Å²) in [5.41, 5.74) is 6.99. The van der Waals surface area contributed by atoms with Crippen LogP contribution >= 0.6 is 0 Å². The molecular weight excluding hydrogens is 558 g/mol. The monoisotopic (exact) mass is 599 g/mol. The van der Waals surface area contributed by atoms with E-state index in [1.165, 1.54) is 0 Å². The third-order valence-electron chi connectivity index (χ3n) is 7.88. The first-order valence-electron chi connectivity index (χ1n) is 19.8. The van der Waals surface area contributed by atoms with Crippen LogP contribution < -0.4 is 4.90 Å². The Kier molecular flexibility index (Phi) is 4.90. The van der Waals surface area contributed by atoms with Gasteiger partial charge in [-0.15, -0.1) is 0 Å². The van der Waals surface area contributed by atoms with Crippen molar-refractivity contribution in [3.8, 4) is 44.7 Å². The maximum atomic E-state index is 8.48. The van der Waals surface area contributed by atoms with Gasteiger partial charge in [-0.2, -0.15) is 0 Å². The number of hydrogen-bond acceptors (Lipinski definition) is 2. The van der Waals surface area contributed by atoms with Crippen molar-refractivity contribution in [1.82, 2.24) is 0 Å². The van der Waals surface area contributed by atoms with E-state index < -0.39 is 36.3 Å². The molecule has 0 aliphatic heterocycles. The fourth-order valence-corrected chi connectivity index (χ4v) is 5.64. The summed E-state index contributed by atoms with van der Waals surface area (Å²) in [4.78, 5) is 1.98. The molecule has 0 spiro atoms. The SMILES string of the molecule is [2H]c1c([2H])c([2H])c(-c2ccc(N(c3ccc(-c4ccccc4-c4cc5ccccc5o4)cc3)c3ccc(-c4c([2H])c([2H])c([2H])c([2H])c4[2H])cc3)cc2)c([2H])c1[2H]. The molecule has 8 aromatic rings. The van der Waals surface area contributed by atoms with E-state index in [0.717, 1.165) is 39.1 Å². The van der Waals surface area contributed by atoms with Crippen molar-refractivity contribution in [1.29, 1.82) is 0 Å². The second-order valence-electron chi connectivity index (χ2n) is 10.7. The Labute approximate surface area is 283 Å². The Bertz CT molecular complexity index is 2590. The van der Waals surface area contributed by atoms with Crippen LogP contribution in [0, 0.1) is 0 Å². The third kappa shape index (κ3) is 5.38. The Morgan fingerprint density at radius 1 is 0.413 bits per heavy atom. The van der Waals surface area contributed by atoms with Crippen LogP contribution in [-0.2, 0) is 0 Å². The van der Waals surface area contributed by atoms with E-state index in [1.54, 1.807) is 24.3 Å². The highest BCUT2D eigenvalue weighted by Gasteiger charge is 2.16. The molecule has 0 fully saturated rings. The molecule has 0 aliphatic rings. The van der Waals surface area contributed by atoms with E-state index >= 15 is 0 Å². The van der Waals surface area contributed by atoms with Gasteiger partial charge in [-0.25, -0.2) is 0 Å². The quantitative estimate of drug-likeness (QED) is 0.181. The fraction of sp³-hybridized carbons (Fsp3) is 0. The lowest BCUT2D eigenvalue weighted by molar-refractivity contribution is 0.632. The van der Waals surface area contributed by atoms with E-state index in [4.69, 9.17) is 18.1 Å². The average Bonchev–Trinajstić information content (AvgIpc) is 3.67. The van der Waals surface area contributed by atoms with Crippen LogP contribution in [0.5, 0.6) is 0 Å². The first-order chi connectivity index (χ1) is 26.9. The van der Waals surface area contributed by atoms with Crippen LogP contribution in [0.4, 0.5) is 17.1 Å². The summed E-state index contributed by atoms with van der Waals surface area (Å²) in [5.74, 6) is 0.755. The largest absolute Gasteiger partial charge is 0.456 e. The van der Waals surface area contributed by atoms with Crippen LogP contribution in [0.25, 0.3) is 55.7 Å². The zero-order chi connectivity index (χ0) is 39.4. The van der Waals surface area contributed by atoms with Crippen molar-refractivity contribution in [2.24, 2.45) is 0 Å². The highest BCUT2D eigenvalue weighted by atomic mass is 16.3. The van der Waals surface area contributed by atoms with Crippen LogP contribution in [-0.4, -0.2) is 0 Å². The minimum Gasteiger partial charge on any atom is -0.456 e. The molecule has 2 nitrogen and oxygen atoms in total. The van der Waals surface area contributed by atoms with Gasteiger partial charge < -0.3 is 9.32 Å². The number of nitrogens with zero attached hydrogens (tertiary/aromatic N) is 1. The Morgan fingerprint density at radius 2 is 0.870 bits per heavy atom. The summed E-state index contributed by atoms with van der Waals surface area (Å²) in [6.07, 6.45) is 0. The van der Waals surface area contributed by atoms with Gasteiger partial charge in [-0.1, -0.05) is 139 Å². The van der Waals surface area contributed by atoms with Gasteiger partial charge in [-0.3, -0.25) is 0 Å². The fourth-order valence-electron chi connectivity index (χ4n) is 5.64. The Hall–Kier alpha value is -6.12. The number of fused-ring (bicyclic) bond motifs is 1. The normalized spacial score (nSPS) is 14.1. The van der Waals surface area contributed by atoms with Gasteiger partial charge in [0.05, 0.1) is 13.7 Å². The smallest absolute Gasteiger partial charge is 0.136 e. The summed E-state index contributed by atoms with van der Waals surface area (Å²) in [5, 5.41) is 1.01. The zero-order valence-electron chi connectivity index (χ0n) is 34.5. The maximum absolute atomic E-state index is 8.48. The second-order valence-corrected chi connectivity index (χ2v) is 10.7. The van der Waals surface area contributed by atoms with Crippen LogP contribution in [0.3, 0.4) is 0 Å². The van der Waals surface area contributed by atoms with Gasteiger partial charge in [0.2, 0.25) is 0 Å². The number of benzene rings is 7. The lowest BCUT2D eigenvalue weighted by atomic mass is 9.97. The summed E-state index contributed by atoms with van der Waals surface area (Å²) in [6, 6.07) is 36.4. The summed E-state index contributed by atoms with van der Waals surface area (Å²) in [6.45, 7) is 0. The number of furan rings is 1. The molecule has 0 atom stereocenters. The van der Waals surface area contributed by atoms with Crippen molar-refractivity contribution in [2.45, 2.75) is 0 Å². The molecule has 46 heavy (non-hydrogen) atoms. The summed E-state index contributed by atoms with van der Waals surface area (Å²) in [7, 11) is 0. The van der Waals surface area contributed by atoms with Gasteiger partial charge in [-0.05, 0) is 81.9 Å². The van der Waals surface area contributed by atoms with Gasteiger partial charge in [0.1, 0.15) is 11.3 Å². The lowest BCUT2D eigenvalue weighted by Crippen LogP contribution is -2.09. The van der Waals surface area contributed by atoms with Crippen molar-refractivity contribution in [3.63, 3.8) is 0 Å². The predicted octanol–water partition coefficient (Wildman–Crippen LogP) is 12.6. The van der Waals surface area contributed by atoms with Gasteiger partial charge in [0, 0.05) is 28.0 Å². The standard InChI is InChI=1S/C44H31NO/c1-3-11-32(12-4-1)34-19-25-38(26-20-34)45(39-27-21-35(22-28-39)33-13-5-2-6-14-33)40-29-23-36(24-30-40)41-16-8-9-17-42(41)44-31-37-15-7-10-18-43(37)46-44/h1-31H/i1D,2D,3D,4D,5D,6D,11D,12D,13D,14D. The Balaban J connectivity index is 1.22. The van der Waals surface area contributed by atoms with Crippen LogP contribution in [0.15, 0.2) is 192 Å². The van der Waals surface area contributed by atoms with Crippen LogP contribution in [0.2, 0.25) is 0 Å². The molecule has 1 heterocycles. The number of rotatable bonds is 7. The third-order valence-corrected chi connectivity index (χ3v) is 7.88. The lowest BCUT2D eigenvalue weighted by Gasteiger charge is -2.26. The summed E-state index contributed by atoms with van der Waals surface area (Å²) >= 11 is 0. The number of para-hydroxylation sites is 1. The van der Waals surface area contributed by atoms with E-state index in [0.29, 0.717) is 22.5 Å². The predicted molar refractivity (Wildman–Crippen MR) is 193 cm³/mol. The van der Waals surface area contributed by atoms with Gasteiger partial charge >= 0.3 is 0 Å². The molecule has 0 saturated carbocycles. The van der Waals surface area contributed by atoms with Crippen molar-refractivity contribution < 1.29 is 18.1 Å². The van der Waals surface area contributed by atoms with Crippen molar-refractivity contribution >= 4 is 28.0 Å². The molecule has 0 amide bonds. The first-order valence-corrected chi connectivity index (χ1v) is 14.8. The van der Waals surface area contributed by atoms with E-state index in [9.17, 15) is 0 Å². The van der Waals surface area contributed by atoms with Gasteiger partial charge in [0.15, 0.2) is 0 Å². The molecule has 2 heteroatoms. The van der Waals surface area contributed by atoms with Crippen molar-refractivity contribution in [3.05, 3.63) is 188 Å². The molecule has 0 bridgehead atoms. The molecule has 8 rings (SSSR count). The Morgan fingerprint density at radius 3 is 1.39 bits per heavy atom. The average molecular weight is 600 g/mol. The molecule has 1 aromatic heterocycles. The molecule has 7 aromatic carbocycles. The van der Waals surface area contributed by atoms with E-state index in [2.05, 4.69) is 0 Å². The first kappa shape index (κ1) is 18.6. The highest BCUT2D eigenvalue weighted by Crippen LogP contribution is 2.40. The molecule has 0 saturated heterocycles. The molecule has 0 radical (unpaired) electrons. The van der Waals surface area contributed by atoms with E-state index in [-0.39, 0.29) is 35.3 Å². The highest BCUT2D eigenvalue weighted by molar-refractivity contribution is 5.89. The molecule has 0 aliphatic carbocycles. The van der Waals surface area contributed by atoms with Gasteiger partial charge in [0.25, 0.3) is 0 Å². The zero-order valence-corrected chi connectivity index (χ0v) is 24.5. The van der Waals surface area contributed by atoms with Crippen LogP contribution in [0.1, 0.15) is 13.7 Å². The molecular formula is C44H31NO. The number of hydrogen-bond donors (Lipinski definition) is 0. The molecule has 0 unspecified atom stereocenters. The van der Waals surface area contributed by atoms with Crippen molar-refractivity contribution in [2.75, 3.05) is 4.90 Å².